The summed E-state index contributed by atoms with van der Waals surface area (Å²) in [4.78, 5) is 25.8. The molecule has 6 heteroatoms. The van der Waals surface area contributed by atoms with Crippen LogP contribution in [0.4, 0.5) is 0 Å². The third kappa shape index (κ3) is 2.81. The van der Waals surface area contributed by atoms with Gasteiger partial charge in [-0.2, -0.15) is 0 Å². The first-order chi connectivity index (χ1) is 10.9. The molecule has 1 N–H and O–H groups in total. The topological polar surface area (TPSA) is 62.5 Å². The molecule has 1 amide bonds. The van der Waals surface area contributed by atoms with E-state index in [4.69, 9.17) is 16.7 Å². The van der Waals surface area contributed by atoms with Crippen LogP contribution in [0.3, 0.4) is 0 Å². The number of aryl methyl sites for hydroxylation is 1. The van der Waals surface area contributed by atoms with Crippen LogP contribution < -0.4 is 0 Å². The van der Waals surface area contributed by atoms with E-state index >= 15 is 0 Å². The second-order valence-corrected chi connectivity index (χ2v) is 6.54. The van der Waals surface area contributed by atoms with Gasteiger partial charge in [0, 0.05) is 30.5 Å². The van der Waals surface area contributed by atoms with Crippen molar-refractivity contribution in [2.45, 2.75) is 25.8 Å². The van der Waals surface area contributed by atoms with Gasteiger partial charge >= 0.3 is 5.97 Å². The molecule has 122 valence electrons. The molecule has 0 saturated heterocycles. The molecule has 5 nitrogen and oxygen atoms in total. The van der Waals surface area contributed by atoms with Crippen LogP contribution in [0.15, 0.2) is 24.3 Å². The zero-order valence-electron chi connectivity index (χ0n) is 13.1. The Hall–Kier alpha value is -2.01. The predicted octanol–water partition coefficient (Wildman–Crippen LogP) is 3.16. The molecule has 1 aromatic carbocycles. The first-order valence-electron chi connectivity index (χ1n) is 7.68. The van der Waals surface area contributed by atoms with Crippen molar-refractivity contribution in [2.24, 2.45) is 13.0 Å². The Morgan fingerprint density at radius 1 is 1.39 bits per heavy atom. The van der Waals surface area contributed by atoms with Gasteiger partial charge in [0.1, 0.15) is 5.69 Å². The van der Waals surface area contributed by atoms with Crippen LogP contribution in [-0.2, 0) is 11.8 Å². The molecule has 1 unspecified atom stereocenters. The van der Waals surface area contributed by atoms with Gasteiger partial charge in [-0.3, -0.25) is 9.59 Å². The standard InChI is InChI=1S/C17H19ClN2O3/c1-10(17(22)23)9-20(11-7-8-11)16(21)15-14(18)12-5-3-4-6-13(12)19(15)2/h3-6,10-11H,7-9H2,1-2H3,(H,22,23). The first-order valence-corrected chi connectivity index (χ1v) is 8.06. The van der Waals surface area contributed by atoms with Crippen LogP contribution in [0.25, 0.3) is 10.9 Å². The number of carbonyl (C=O) groups excluding carboxylic acids is 1. The highest BCUT2D eigenvalue weighted by Gasteiger charge is 2.37. The van der Waals surface area contributed by atoms with E-state index in [2.05, 4.69) is 0 Å². The predicted molar refractivity (Wildman–Crippen MR) is 88.8 cm³/mol. The van der Waals surface area contributed by atoms with Crippen molar-refractivity contribution < 1.29 is 14.7 Å². The average molecular weight is 335 g/mol. The number of carbonyl (C=O) groups is 2. The van der Waals surface area contributed by atoms with Gasteiger partial charge in [-0.05, 0) is 18.9 Å². The number of amides is 1. The average Bonchev–Trinajstić information content (AvgIpc) is 3.33. The van der Waals surface area contributed by atoms with Crippen molar-refractivity contribution in [1.29, 1.82) is 0 Å². The van der Waals surface area contributed by atoms with Gasteiger partial charge < -0.3 is 14.6 Å². The highest BCUT2D eigenvalue weighted by molar-refractivity contribution is 6.38. The van der Waals surface area contributed by atoms with Gasteiger partial charge in [0.2, 0.25) is 0 Å². The number of aromatic nitrogens is 1. The number of fused-ring (bicyclic) bond motifs is 1. The molecule has 1 heterocycles. The number of halogens is 1. The summed E-state index contributed by atoms with van der Waals surface area (Å²) < 4.78 is 1.79. The minimum Gasteiger partial charge on any atom is -0.481 e. The number of carboxylic acid groups (broad SMARTS) is 1. The number of nitrogens with zero attached hydrogens (tertiary/aromatic N) is 2. The van der Waals surface area contributed by atoms with E-state index in [1.165, 1.54) is 0 Å². The molecule has 0 aliphatic heterocycles. The fraction of sp³-hybridized carbons (Fsp3) is 0.412. The number of rotatable bonds is 5. The van der Waals surface area contributed by atoms with E-state index < -0.39 is 11.9 Å². The maximum atomic E-state index is 13.0. The Labute approximate surface area is 139 Å². The van der Waals surface area contributed by atoms with E-state index in [-0.39, 0.29) is 18.5 Å². The number of para-hydroxylation sites is 1. The van der Waals surface area contributed by atoms with E-state index in [0.717, 1.165) is 23.7 Å². The zero-order chi connectivity index (χ0) is 16.7. The fourth-order valence-electron chi connectivity index (χ4n) is 2.88. The fourth-order valence-corrected chi connectivity index (χ4v) is 3.24. The van der Waals surface area contributed by atoms with E-state index in [9.17, 15) is 9.59 Å². The summed E-state index contributed by atoms with van der Waals surface area (Å²) in [7, 11) is 1.81. The number of hydrogen-bond acceptors (Lipinski definition) is 2. The van der Waals surface area contributed by atoms with Gasteiger partial charge in [0.15, 0.2) is 0 Å². The zero-order valence-corrected chi connectivity index (χ0v) is 13.9. The van der Waals surface area contributed by atoms with E-state index in [1.807, 2.05) is 31.3 Å². The van der Waals surface area contributed by atoms with Crippen molar-refractivity contribution >= 4 is 34.4 Å². The maximum Gasteiger partial charge on any atom is 0.308 e. The Morgan fingerprint density at radius 3 is 2.61 bits per heavy atom. The van der Waals surface area contributed by atoms with Gasteiger partial charge in [-0.1, -0.05) is 36.7 Å². The lowest BCUT2D eigenvalue weighted by Crippen LogP contribution is -2.39. The third-order valence-electron chi connectivity index (χ3n) is 4.39. The quantitative estimate of drug-likeness (QED) is 0.913. The molecule has 1 aromatic heterocycles. The monoisotopic (exact) mass is 334 g/mol. The molecule has 0 radical (unpaired) electrons. The van der Waals surface area contributed by atoms with Crippen molar-refractivity contribution in [3.8, 4) is 0 Å². The van der Waals surface area contributed by atoms with Crippen molar-refractivity contribution in [1.82, 2.24) is 9.47 Å². The van der Waals surface area contributed by atoms with Gasteiger partial charge in [0.05, 0.1) is 10.9 Å². The number of carboxylic acids is 1. The minimum atomic E-state index is -0.897. The summed E-state index contributed by atoms with van der Waals surface area (Å²) in [6.45, 7) is 1.82. The number of aliphatic carboxylic acids is 1. The van der Waals surface area contributed by atoms with Crippen LogP contribution in [0, 0.1) is 5.92 Å². The molecule has 1 aliphatic rings. The SMILES string of the molecule is CC(CN(C(=O)c1c(Cl)c2ccccc2n1C)C1CC1)C(=O)O. The number of hydrogen-bond donors (Lipinski definition) is 1. The third-order valence-corrected chi connectivity index (χ3v) is 4.77. The van der Waals surface area contributed by atoms with Crippen molar-refractivity contribution in [3.63, 3.8) is 0 Å². The van der Waals surface area contributed by atoms with E-state index in [1.54, 1.807) is 16.4 Å². The van der Waals surface area contributed by atoms with E-state index in [0.29, 0.717) is 10.7 Å². The summed E-state index contributed by atoms with van der Waals surface area (Å²) in [5, 5.41) is 10.4. The lowest BCUT2D eigenvalue weighted by atomic mass is 10.1. The lowest BCUT2D eigenvalue weighted by molar-refractivity contribution is -0.141. The smallest absolute Gasteiger partial charge is 0.308 e. The summed E-state index contributed by atoms with van der Waals surface area (Å²) in [6, 6.07) is 7.71. The molecular formula is C17H19ClN2O3. The Balaban J connectivity index is 1.99. The lowest BCUT2D eigenvalue weighted by Gasteiger charge is -2.24. The summed E-state index contributed by atoms with van der Waals surface area (Å²) in [5.41, 5.74) is 1.32. The molecule has 1 saturated carbocycles. The molecule has 0 bridgehead atoms. The van der Waals surface area contributed by atoms with Gasteiger partial charge in [-0.15, -0.1) is 0 Å². The van der Waals surface area contributed by atoms with Crippen molar-refractivity contribution in [2.75, 3.05) is 6.54 Å². The molecule has 0 spiro atoms. The van der Waals surface area contributed by atoms with Gasteiger partial charge in [-0.25, -0.2) is 0 Å². The molecule has 1 atom stereocenters. The molecule has 1 fully saturated rings. The van der Waals surface area contributed by atoms with Crippen LogP contribution in [0.2, 0.25) is 5.02 Å². The van der Waals surface area contributed by atoms with Crippen LogP contribution in [0.5, 0.6) is 0 Å². The second kappa shape index (κ2) is 5.89. The van der Waals surface area contributed by atoms with Gasteiger partial charge in [0.25, 0.3) is 5.91 Å². The second-order valence-electron chi connectivity index (χ2n) is 6.17. The Kier molecular flexibility index (Phi) is 4.06. The summed E-state index contributed by atoms with van der Waals surface area (Å²) in [5.74, 6) is -1.69. The van der Waals surface area contributed by atoms with Crippen LogP contribution >= 0.6 is 11.6 Å². The molecule has 1 aliphatic carbocycles. The molecule has 23 heavy (non-hydrogen) atoms. The van der Waals surface area contributed by atoms with Crippen molar-refractivity contribution in [3.05, 3.63) is 35.0 Å². The summed E-state index contributed by atoms with van der Waals surface area (Å²) >= 11 is 6.44. The molecular weight excluding hydrogens is 316 g/mol. The molecule has 3 rings (SSSR count). The first kappa shape index (κ1) is 15.9. The Bertz CT molecular complexity index is 740. The highest BCUT2D eigenvalue weighted by Crippen LogP contribution is 2.34. The van der Waals surface area contributed by atoms with Crippen LogP contribution in [-0.4, -0.2) is 39.0 Å². The largest absolute Gasteiger partial charge is 0.481 e. The maximum absolute atomic E-state index is 13.0. The highest BCUT2D eigenvalue weighted by atomic mass is 35.5. The van der Waals surface area contributed by atoms with Crippen LogP contribution in [0.1, 0.15) is 30.3 Å². The Morgan fingerprint density at radius 2 is 2.04 bits per heavy atom. The number of benzene rings is 1. The minimum absolute atomic E-state index is 0.123. The molecule has 2 aromatic rings. The summed E-state index contributed by atoms with van der Waals surface area (Å²) in [6.07, 6.45) is 1.83. The normalized spacial score (nSPS) is 15.6.